The average Bonchev–Trinajstić information content (AvgIpc) is 2.56. The molecule has 0 aromatic heterocycles. The zero-order chi connectivity index (χ0) is 8.53. The van der Waals surface area contributed by atoms with Crippen molar-refractivity contribution in [2.75, 3.05) is 26.4 Å². The minimum absolute atomic E-state index is 0.125. The quantitative estimate of drug-likeness (QED) is 0.496. The molecule has 1 aliphatic rings. The van der Waals surface area contributed by atoms with E-state index in [0.29, 0.717) is 0 Å². The Hall–Kier alpha value is -0.160. The molecule has 0 amide bonds. The summed E-state index contributed by atoms with van der Waals surface area (Å²) < 4.78 is 5.05. The molecule has 0 saturated carbocycles. The Balaban J connectivity index is 0.000000218. The lowest BCUT2D eigenvalue weighted by atomic mass is 10.2. The van der Waals surface area contributed by atoms with Crippen LogP contribution in [0.15, 0.2) is 0 Å². The van der Waals surface area contributed by atoms with Gasteiger partial charge in [-0.05, 0) is 12.8 Å². The molecule has 0 bridgehead atoms. The van der Waals surface area contributed by atoms with Crippen molar-refractivity contribution in [1.82, 2.24) is 0 Å². The second kappa shape index (κ2) is 7.94. The van der Waals surface area contributed by atoms with Crippen molar-refractivity contribution in [2.24, 2.45) is 0 Å². The highest BCUT2D eigenvalue weighted by Gasteiger charge is 2.12. The van der Waals surface area contributed by atoms with Crippen molar-refractivity contribution in [3.8, 4) is 0 Å². The van der Waals surface area contributed by atoms with Gasteiger partial charge in [0.1, 0.15) is 0 Å². The Kier molecular flexibility index (Phi) is 7.83. The summed E-state index contributed by atoms with van der Waals surface area (Å²) in [4.78, 5) is 0. The van der Waals surface area contributed by atoms with Gasteiger partial charge < -0.3 is 20.1 Å². The van der Waals surface area contributed by atoms with Crippen LogP contribution in [-0.4, -0.2) is 47.9 Å². The van der Waals surface area contributed by atoms with E-state index in [-0.39, 0.29) is 25.9 Å². The zero-order valence-corrected chi connectivity index (χ0v) is 6.57. The van der Waals surface area contributed by atoms with Gasteiger partial charge in [0.05, 0.1) is 25.9 Å². The van der Waals surface area contributed by atoms with Gasteiger partial charge in [-0.2, -0.15) is 0 Å². The highest BCUT2D eigenvalue weighted by Crippen LogP contribution is 2.09. The van der Waals surface area contributed by atoms with E-state index in [1.165, 1.54) is 0 Å². The van der Waals surface area contributed by atoms with Gasteiger partial charge in [-0.25, -0.2) is 0 Å². The summed E-state index contributed by atoms with van der Waals surface area (Å²) in [6.07, 6.45) is 2.31. The first kappa shape index (κ1) is 10.8. The van der Waals surface area contributed by atoms with Crippen molar-refractivity contribution < 1.29 is 20.1 Å². The van der Waals surface area contributed by atoms with E-state index < -0.39 is 0 Å². The fraction of sp³-hybridized carbons (Fsp3) is 1.00. The van der Waals surface area contributed by atoms with Gasteiger partial charge in [0.15, 0.2) is 0 Å². The van der Waals surface area contributed by atoms with Gasteiger partial charge in [0, 0.05) is 6.61 Å². The summed E-state index contributed by atoms with van der Waals surface area (Å²) in [5, 5.41) is 23.7. The number of hydrogen-bond acceptors (Lipinski definition) is 4. The number of hydrogen-bond donors (Lipinski definition) is 3. The van der Waals surface area contributed by atoms with Gasteiger partial charge in [0.2, 0.25) is 0 Å². The molecule has 11 heavy (non-hydrogen) atoms. The van der Waals surface area contributed by atoms with E-state index in [0.717, 1.165) is 19.4 Å². The standard InChI is InChI=1S/C5H10O2.C2H6O2/c6-4-5-2-1-3-7-5;3-1-2-4/h5-6H,1-4H2;3-4H,1-2H2. The van der Waals surface area contributed by atoms with E-state index in [1.54, 1.807) is 0 Å². The van der Waals surface area contributed by atoms with Crippen LogP contribution in [0.1, 0.15) is 12.8 Å². The molecule has 1 rings (SSSR count). The summed E-state index contributed by atoms with van der Waals surface area (Å²) in [7, 11) is 0. The average molecular weight is 164 g/mol. The van der Waals surface area contributed by atoms with E-state index in [4.69, 9.17) is 20.1 Å². The predicted molar refractivity (Wildman–Crippen MR) is 40.2 cm³/mol. The number of aliphatic hydroxyl groups is 3. The minimum Gasteiger partial charge on any atom is -0.394 e. The molecule has 4 nitrogen and oxygen atoms in total. The lowest BCUT2D eigenvalue weighted by Crippen LogP contribution is -2.09. The summed E-state index contributed by atoms with van der Waals surface area (Å²) in [6, 6.07) is 0. The normalized spacial score (nSPS) is 22.6. The SMILES string of the molecule is OCC1CCCO1.OCCO. The van der Waals surface area contributed by atoms with Crippen LogP contribution < -0.4 is 0 Å². The molecule has 0 aliphatic carbocycles. The zero-order valence-electron chi connectivity index (χ0n) is 6.57. The minimum atomic E-state index is -0.125. The molecule has 1 aliphatic heterocycles. The van der Waals surface area contributed by atoms with Gasteiger partial charge >= 0.3 is 0 Å². The van der Waals surface area contributed by atoms with Crippen LogP contribution in [0, 0.1) is 0 Å². The van der Waals surface area contributed by atoms with Crippen LogP contribution in [-0.2, 0) is 4.74 Å². The molecule has 3 N–H and O–H groups in total. The molecule has 1 saturated heterocycles. The molecule has 0 spiro atoms. The third kappa shape index (κ3) is 6.25. The van der Waals surface area contributed by atoms with Crippen LogP contribution in [0.2, 0.25) is 0 Å². The molecule has 0 aromatic carbocycles. The number of rotatable bonds is 2. The Morgan fingerprint density at radius 2 is 1.82 bits per heavy atom. The van der Waals surface area contributed by atoms with Gasteiger partial charge in [-0.15, -0.1) is 0 Å². The first-order chi connectivity index (χ1) is 5.35. The topological polar surface area (TPSA) is 69.9 Å². The molecular weight excluding hydrogens is 148 g/mol. The highest BCUT2D eigenvalue weighted by molar-refractivity contribution is 4.61. The molecule has 1 heterocycles. The van der Waals surface area contributed by atoms with E-state index in [9.17, 15) is 0 Å². The van der Waals surface area contributed by atoms with Crippen molar-refractivity contribution in [2.45, 2.75) is 18.9 Å². The number of ether oxygens (including phenoxy) is 1. The fourth-order valence-corrected chi connectivity index (χ4v) is 0.788. The van der Waals surface area contributed by atoms with Crippen molar-refractivity contribution in [3.05, 3.63) is 0 Å². The maximum Gasteiger partial charge on any atom is 0.0806 e. The Morgan fingerprint density at radius 1 is 1.18 bits per heavy atom. The molecule has 1 unspecified atom stereocenters. The van der Waals surface area contributed by atoms with E-state index in [2.05, 4.69) is 0 Å². The smallest absolute Gasteiger partial charge is 0.0806 e. The second-order valence-electron chi connectivity index (χ2n) is 2.26. The molecular formula is C7H16O4. The van der Waals surface area contributed by atoms with Crippen molar-refractivity contribution in [3.63, 3.8) is 0 Å². The summed E-state index contributed by atoms with van der Waals surface area (Å²) >= 11 is 0. The molecule has 4 heteroatoms. The Bertz CT molecular complexity index is 68.8. The Morgan fingerprint density at radius 3 is 2.00 bits per heavy atom. The third-order valence-corrected chi connectivity index (χ3v) is 1.33. The lowest BCUT2D eigenvalue weighted by molar-refractivity contribution is 0.0591. The van der Waals surface area contributed by atoms with Crippen LogP contribution >= 0.6 is 0 Å². The van der Waals surface area contributed by atoms with Gasteiger partial charge in [-0.1, -0.05) is 0 Å². The van der Waals surface area contributed by atoms with Crippen LogP contribution in [0.4, 0.5) is 0 Å². The molecule has 0 aromatic rings. The van der Waals surface area contributed by atoms with Gasteiger partial charge in [-0.3, -0.25) is 0 Å². The summed E-state index contributed by atoms with van der Waals surface area (Å²) in [5.41, 5.74) is 0. The largest absolute Gasteiger partial charge is 0.394 e. The maximum absolute atomic E-state index is 8.44. The van der Waals surface area contributed by atoms with Crippen LogP contribution in [0.3, 0.4) is 0 Å². The van der Waals surface area contributed by atoms with Crippen molar-refractivity contribution >= 4 is 0 Å². The fourth-order valence-electron chi connectivity index (χ4n) is 0.788. The second-order valence-corrected chi connectivity index (χ2v) is 2.26. The van der Waals surface area contributed by atoms with Crippen molar-refractivity contribution in [1.29, 1.82) is 0 Å². The predicted octanol–water partition coefficient (Wildman–Crippen LogP) is -0.871. The number of aliphatic hydroxyl groups excluding tert-OH is 3. The monoisotopic (exact) mass is 164 g/mol. The van der Waals surface area contributed by atoms with Crippen LogP contribution in [0.5, 0.6) is 0 Å². The Labute approximate surface area is 66.4 Å². The van der Waals surface area contributed by atoms with Crippen LogP contribution in [0.25, 0.3) is 0 Å². The first-order valence-electron chi connectivity index (χ1n) is 3.79. The molecule has 1 atom stereocenters. The highest BCUT2D eigenvalue weighted by atomic mass is 16.5. The molecule has 0 radical (unpaired) electrons. The first-order valence-corrected chi connectivity index (χ1v) is 3.79. The summed E-state index contributed by atoms with van der Waals surface area (Å²) in [6.45, 7) is 0.783. The summed E-state index contributed by atoms with van der Waals surface area (Å²) in [5.74, 6) is 0. The van der Waals surface area contributed by atoms with Gasteiger partial charge in [0.25, 0.3) is 0 Å². The van der Waals surface area contributed by atoms with E-state index in [1.807, 2.05) is 0 Å². The molecule has 68 valence electrons. The maximum atomic E-state index is 8.44. The lowest BCUT2D eigenvalue weighted by Gasteiger charge is -2.00. The third-order valence-electron chi connectivity index (χ3n) is 1.33. The van der Waals surface area contributed by atoms with E-state index >= 15 is 0 Å². The molecule has 1 fully saturated rings.